The molecule has 19 heavy (non-hydrogen) atoms. The van der Waals surface area contributed by atoms with E-state index in [2.05, 4.69) is 9.97 Å². The van der Waals surface area contributed by atoms with Crippen molar-refractivity contribution in [1.82, 2.24) is 14.5 Å². The summed E-state index contributed by atoms with van der Waals surface area (Å²) >= 11 is 0. The number of hydrogen-bond acceptors (Lipinski definition) is 6. The molecule has 3 rings (SSSR count). The Hall–Kier alpha value is -1.77. The van der Waals surface area contributed by atoms with Crippen molar-refractivity contribution < 1.29 is 19.3 Å². The minimum atomic E-state index is -0.844. The molecule has 4 N–H and O–H groups in total. The third kappa shape index (κ3) is 1.84. The molecule has 0 aromatic carbocycles. The zero-order valence-electron chi connectivity index (χ0n) is 9.90. The summed E-state index contributed by atoms with van der Waals surface area (Å²) in [6, 6.07) is 0. The van der Waals surface area contributed by atoms with E-state index in [4.69, 9.17) is 15.6 Å². The Kier molecular flexibility index (Phi) is 2.85. The van der Waals surface area contributed by atoms with Crippen LogP contribution in [-0.4, -0.2) is 43.6 Å². The molecule has 0 amide bonds. The zero-order valence-corrected chi connectivity index (χ0v) is 9.90. The number of nitrogens with zero attached hydrogens (tertiary/aromatic N) is 3. The highest BCUT2D eigenvalue weighted by molar-refractivity contribution is 5.85. The molecule has 2 aromatic heterocycles. The van der Waals surface area contributed by atoms with Gasteiger partial charge in [-0.05, 0) is 0 Å². The summed E-state index contributed by atoms with van der Waals surface area (Å²) in [4.78, 5) is 7.67. The number of anilines is 1. The van der Waals surface area contributed by atoms with Crippen LogP contribution in [-0.2, 0) is 4.74 Å². The lowest BCUT2D eigenvalue weighted by atomic mass is 10.2. The van der Waals surface area contributed by atoms with E-state index in [0.717, 1.165) is 6.20 Å². The van der Waals surface area contributed by atoms with Crippen LogP contribution >= 0.6 is 0 Å². The van der Waals surface area contributed by atoms with Gasteiger partial charge in [-0.2, -0.15) is 0 Å². The van der Waals surface area contributed by atoms with E-state index >= 15 is 0 Å². The Labute approximate surface area is 107 Å². The number of fused-ring (bicyclic) bond motifs is 1. The molecule has 102 valence electrons. The van der Waals surface area contributed by atoms with Crippen molar-refractivity contribution in [3.8, 4) is 0 Å². The van der Waals surface area contributed by atoms with E-state index in [1.807, 2.05) is 0 Å². The quantitative estimate of drug-likeness (QED) is 0.696. The van der Waals surface area contributed by atoms with E-state index in [1.165, 1.54) is 10.9 Å². The molecule has 3 heterocycles. The molecule has 1 fully saturated rings. The molecule has 0 aliphatic carbocycles. The van der Waals surface area contributed by atoms with Crippen molar-refractivity contribution in [2.45, 2.75) is 24.9 Å². The average Bonchev–Trinajstić information content (AvgIpc) is 2.97. The number of pyridine rings is 1. The van der Waals surface area contributed by atoms with Crippen LogP contribution in [0.2, 0.25) is 0 Å². The molecule has 1 aliphatic rings. The van der Waals surface area contributed by atoms with E-state index in [1.54, 1.807) is 0 Å². The van der Waals surface area contributed by atoms with Gasteiger partial charge in [0.25, 0.3) is 0 Å². The number of nitrogens with two attached hydrogens (primary N) is 1. The van der Waals surface area contributed by atoms with Crippen LogP contribution in [0.25, 0.3) is 11.0 Å². The predicted molar refractivity (Wildman–Crippen MR) is 63.5 cm³/mol. The highest BCUT2D eigenvalue weighted by Gasteiger charge is 2.36. The van der Waals surface area contributed by atoms with Crippen LogP contribution in [0.4, 0.5) is 10.2 Å². The fourth-order valence-electron chi connectivity index (χ4n) is 2.32. The molecule has 1 aliphatic heterocycles. The molecular formula is C11H13FN4O3. The lowest BCUT2D eigenvalue weighted by Crippen LogP contribution is -2.19. The van der Waals surface area contributed by atoms with Crippen LogP contribution < -0.4 is 5.73 Å². The fraction of sp³-hybridized carbons (Fsp3) is 0.455. The zero-order chi connectivity index (χ0) is 13.6. The van der Waals surface area contributed by atoms with Crippen molar-refractivity contribution >= 4 is 16.9 Å². The van der Waals surface area contributed by atoms with Gasteiger partial charge in [-0.15, -0.1) is 0 Å². The predicted octanol–water partition coefficient (Wildman–Crippen LogP) is -0.207. The van der Waals surface area contributed by atoms with Crippen LogP contribution in [0.3, 0.4) is 0 Å². The summed E-state index contributed by atoms with van der Waals surface area (Å²) in [5.41, 5.74) is 5.99. The SMILES string of the molecule is Nc1ncc(F)c2c1ncn2[C@@H]1O[C@H](CO)C[C@H]1O. The van der Waals surface area contributed by atoms with Crippen molar-refractivity contribution in [1.29, 1.82) is 0 Å². The second-order valence-corrected chi connectivity index (χ2v) is 4.47. The molecule has 1 saturated heterocycles. The fourth-order valence-corrected chi connectivity index (χ4v) is 2.32. The first-order valence-corrected chi connectivity index (χ1v) is 5.82. The minimum Gasteiger partial charge on any atom is -0.394 e. The van der Waals surface area contributed by atoms with Crippen LogP contribution in [0.1, 0.15) is 12.6 Å². The van der Waals surface area contributed by atoms with Gasteiger partial charge in [0, 0.05) is 6.42 Å². The Morgan fingerprint density at radius 1 is 1.53 bits per heavy atom. The third-order valence-corrected chi connectivity index (χ3v) is 3.22. The van der Waals surface area contributed by atoms with Gasteiger partial charge in [-0.1, -0.05) is 0 Å². The Bertz CT molecular complexity index is 617. The number of rotatable bonds is 2. The molecule has 3 atom stereocenters. The van der Waals surface area contributed by atoms with Gasteiger partial charge >= 0.3 is 0 Å². The van der Waals surface area contributed by atoms with Crippen molar-refractivity contribution in [3.05, 3.63) is 18.3 Å². The lowest BCUT2D eigenvalue weighted by molar-refractivity contribution is -0.0486. The smallest absolute Gasteiger partial charge is 0.167 e. The van der Waals surface area contributed by atoms with Gasteiger partial charge < -0.3 is 20.7 Å². The van der Waals surface area contributed by atoms with E-state index < -0.39 is 24.3 Å². The van der Waals surface area contributed by atoms with Gasteiger partial charge in [0.1, 0.15) is 17.1 Å². The maximum absolute atomic E-state index is 13.9. The highest BCUT2D eigenvalue weighted by Crippen LogP contribution is 2.32. The second kappa shape index (κ2) is 4.41. The van der Waals surface area contributed by atoms with Gasteiger partial charge in [0.2, 0.25) is 0 Å². The van der Waals surface area contributed by atoms with Crippen molar-refractivity contribution in [3.63, 3.8) is 0 Å². The largest absolute Gasteiger partial charge is 0.394 e. The molecule has 8 heteroatoms. The summed E-state index contributed by atoms with van der Waals surface area (Å²) in [7, 11) is 0. The lowest BCUT2D eigenvalue weighted by Gasteiger charge is -2.17. The Morgan fingerprint density at radius 3 is 3.00 bits per heavy atom. The van der Waals surface area contributed by atoms with E-state index in [9.17, 15) is 9.50 Å². The molecular weight excluding hydrogens is 255 g/mol. The first-order chi connectivity index (χ1) is 9.11. The molecule has 0 bridgehead atoms. The Balaban J connectivity index is 2.09. The first kappa shape index (κ1) is 12.3. The van der Waals surface area contributed by atoms with Crippen LogP contribution in [0.5, 0.6) is 0 Å². The molecule has 0 unspecified atom stereocenters. The summed E-state index contributed by atoms with van der Waals surface area (Å²) in [5.74, 6) is -0.480. The topological polar surface area (TPSA) is 106 Å². The molecule has 0 radical (unpaired) electrons. The van der Waals surface area contributed by atoms with Crippen molar-refractivity contribution in [2.24, 2.45) is 0 Å². The summed E-state index contributed by atoms with van der Waals surface area (Å²) in [5, 5.41) is 19.0. The molecule has 0 spiro atoms. The van der Waals surface area contributed by atoms with E-state index in [0.29, 0.717) is 0 Å². The maximum Gasteiger partial charge on any atom is 0.167 e. The van der Waals surface area contributed by atoms with Crippen molar-refractivity contribution in [2.75, 3.05) is 12.3 Å². The Morgan fingerprint density at radius 2 is 2.32 bits per heavy atom. The number of halogens is 1. The number of aromatic nitrogens is 3. The monoisotopic (exact) mass is 268 g/mol. The van der Waals surface area contributed by atoms with Crippen LogP contribution in [0, 0.1) is 5.82 Å². The number of nitrogen functional groups attached to an aromatic ring is 1. The summed E-state index contributed by atoms with van der Waals surface area (Å²) < 4.78 is 20.7. The number of hydrogen-bond donors (Lipinski definition) is 3. The molecule has 7 nitrogen and oxygen atoms in total. The number of ether oxygens (including phenoxy) is 1. The minimum absolute atomic E-state index is 0.112. The molecule has 2 aromatic rings. The highest BCUT2D eigenvalue weighted by atomic mass is 19.1. The maximum atomic E-state index is 13.9. The average molecular weight is 268 g/mol. The molecule has 0 saturated carbocycles. The van der Waals surface area contributed by atoms with Gasteiger partial charge in [-0.3, -0.25) is 4.57 Å². The number of aliphatic hydroxyl groups is 2. The van der Waals surface area contributed by atoms with Gasteiger partial charge in [0.05, 0.1) is 25.2 Å². The van der Waals surface area contributed by atoms with Crippen LogP contribution in [0.15, 0.2) is 12.5 Å². The van der Waals surface area contributed by atoms with Gasteiger partial charge in [0.15, 0.2) is 17.9 Å². The number of aliphatic hydroxyl groups excluding tert-OH is 2. The number of imidazole rings is 1. The summed E-state index contributed by atoms with van der Waals surface area (Å²) in [6.07, 6.45) is 0.518. The first-order valence-electron chi connectivity index (χ1n) is 5.82. The summed E-state index contributed by atoms with van der Waals surface area (Å²) in [6.45, 7) is -0.202. The van der Waals surface area contributed by atoms with Gasteiger partial charge in [-0.25, -0.2) is 14.4 Å². The second-order valence-electron chi connectivity index (χ2n) is 4.47. The van der Waals surface area contributed by atoms with E-state index in [-0.39, 0.29) is 29.9 Å². The third-order valence-electron chi connectivity index (χ3n) is 3.22. The normalized spacial score (nSPS) is 27.2. The standard InChI is InChI=1S/C11H13FN4O3/c12-6-2-14-10(13)8-9(6)16(4-15-8)11-7(18)1-5(3-17)19-11/h2,4-5,7,11,17-18H,1,3H2,(H2,13,14)/t5-,7+,11+/m0/s1.